The molecule has 224 valence electrons. The largest absolute Gasteiger partial charge is 0.475 e. The van der Waals surface area contributed by atoms with Gasteiger partial charge in [0.05, 0.1) is 36.0 Å². The van der Waals surface area contributed by atoms with Crippen LogP contribution in [0.15, 0.2) is 30.6 Å². The van der Waals surface area contributed by atoms with Crippen LogP contribution in [0.1, 0.15) is 36.6 Å². The molecular weight excluding hydrogens is 572 g/mol. The van der Waals surface area contributed by atoms with Crippen molar-refractivity contribution in [1.82, 2.24) is 30.1 Å². The maximum atomic E-state index is 16.7. The highest BCUT2D eigenvalue weighted by atomic mass is 19.4. The standard InChI is InChI=1S/C28H26F4N8O3/c1-12-9-17-16(10-35-39-17)18(20(12)28(30,31)32)22-21(29)23-19-25(38-27(37-23)42-8-7-41)40(13(2)11-43-26(19)36-22)14(3)15-5-4-6-34-24(15)33/h4-6,9-10,13-14,41H,7-8,11H2,1-3H3,(H2,33,34)(H,35,39)/t13-,14?/m0/s1. The molecule has 4 N–H and O–H groups in total. The molecule has 0 bridgehead atoms. The van der Waals surface area contributed by atoms with Gasteiger partial charge in [-0.05, 0) is 38.5 Å². The molecule has 1 aliphatic heterocycles. The number of aromatic amines is 1. The molecule has 0 saturated carbocycles. The molecule has 0 spiro atoms. The molecular formula is C28H26F4N8O3. The molecule has 0 radical (unpaired) electrons. The van der Waals surface area contributed by atoms with Gasteiger partial charge in [-0.2, -0.15) is 28.2 Å². The molecule has 1 aromatic carbocycles. The number of benzene rings is 1. The van der Waals surface area contributed by atoms with Crippen molar-refractivity contribution in [3.8, 4) is 23.1 Å². The Morgan fingerprint density at radius 1 is 1.28 bits per heavy atom. The summed E-state index contributed by atoms with van der Waals surface area (Å²) in [6.07, 6.45) is -2.11. The van der Waals surface area contributed by atoms with Gasteiger partial charge in [0.1, 0.15) is 41.4 Å². The summed E-state index contributed by atoms with van der Waals surface area (Å²) >= 11 is 0. The summed E-state index contributed by atoms with van der Waals surface area (Å²) in [4.78, 5) is 19.1. The van der Waals surface area contributed by atoms with E-state index in [1.54, 1.807) is 18.3 Å². The number of aliphatic hydroxyl groups excluding tert-OH is 1. The van der Waals surface area contributed by atoms with Crippen LogP contribution in [0.4, 0.5) is 29.2 Å². The van der Waals surface area contributed by atoms with Gasteiger partial charge < -0.3 is 25.2 Å². The van der Waals surface area contributed by atoms with Gasteiger partial charge >= 0.3 is 12.2 Å². The zero-order chi connectivity index (χ0) is 30.6. The van der Waals surface area contributed by atoms with Crippen LogP contribution in [0.3, 0.4) is 0 Å². The summed E-state index contributed by atoms with van der Waals surface area (Å²) < 4.78 is 71.7. The van der Waals surface area contributed by atoms with Gasteiger partial charge in [0.25, 0.3) is 0 Å². The van der Waals surface area contributed by atoms with Crippen LogP contribution >= 0.6 is 0 Å². The van der Waals surface area contributed by atoms with E-state index in [0.29, 0.717) is 5.56 Å². The number of nitrogens with zero attached hydrogens (tertiary/aromatic N) is 6. The number of anilines is 2. The molecule has 11 nitrogen and oxygen atoms in total. The minimum Gasteiger partial charge on any atom is -0.475 e. The van der Waals surface area contributed by atoms with Gasteiger partial charge in [-0.1, -0.05) is 6.07 Å². The number of ether oxygens (including phenoxy) is 2. The Morgan fingerprint density at radius 3 is 2.79 bits per heavy atom. The Bertz CT molecular complexity index is 1860. The fraction of sp³-hybridized carbons (Fsp3) is 0.321. The third-order valence-corrected chi connectivity index (χ3v) is 7.42. The summed E-state index contributed by atoms with van der Waals surface area (Å²) in [7, 11) is 0. The molecule has 5 aromatic rings. The molecule has 0 saturated heterocycles. The molecule has 5 heterocycles. The van der Waals surface area contributed by atoms with E-state index in [-0.39, 0.29) is 70.7 Å². The average molecular weight is 599 g/mol. The highest BCUT2D eigenvalue weighted by Gasteiger charge is 2.40. The molecule has 15 heteroatoms. The van der Waals surface area contributed by atoms with E-state index < -0.39 is 40.9 Å². The fourth-order valence-corrected chi connectivity index (χ4v) is 5.59. The summed E-state index contributed by atoms with van der Waals surface area (Å²) in [5.74, 6) is -0.846. The van der Waals surface area contributed by atoms with Crippen molar-refractivity contribution in [3.63, 3.8) is 0 Å². The monoisotopic (exact) mass is 598 g/mol. The highest BCUT2D eigenvalue weighted by Crippen LogP contribution is 2.47. The summed E-state index contributed by atoms with van der Waals surface area (Å²) in [5, 5.41) is 16.0. The van der Waals surface area contributed by atoms with Crippen LogP contribution in [0.5, 0.6) is 11.9 Å². The van der Waals surface area contributed by atoms with Crippen molar-refractivity contribution in [2.24, 2.45) is 0 Å². The highest BCUT2D eigenvalue weighted by molar-refractivity contribution is 6.02. The second kappa shape index (κ2) is 10.5. The molecule has 0 aliphatic carbocycles. The van der Waals surface area contributed by atoms with Crippen LogP contribution in [-0.2, 0) is 6.18 Å². The van der Waals surface area contributed by atoms with Crippen LogP contribution in [0.25, 0.3) is 33.1 Å². The van der Waals surface area contributed by atoms with E-state index in [1.807, 2.05) is 18.7 Å². The first-order valence-electron chi connectivity index (χ1n) is 13.3. The lowest BCUT2D eigenvalue weighted by Crippen LogP contribution is -2.39. The number of hydrogen-bond donors (Lipinski definition) is 3. The van der Waals surface area contributed by atoms with E-state index in [4.69, 9.17) is 15.2 Å². The molecule has 2 atom stereocenters. The normalized spacial score (nSPS) is 15.9. The summed E-state index contributed by atoms with van der Waals surface area (Å²) in [5.41, 5.74) is 4.41. The molecule has 1 aliphatic rings. The first-order chi connectivity index (χ1) is 20.5. The zero-order valence-corrected chi connectivity index (χ0v) is 23.2. The van der Waals surface area contributed by atoms with Gasteiger partial charge in [0, 0.05) is 22.7 Å². The topological polar surface area (TPSA) is 148 Å². The number of pyridine rings is 2. The van der Waals surface area contributed by atoms with Gasteiger partial charge in [0.2, 0.25) is 5.88 Å². The number of nitrogen functional groups attached to an aromatic ring is 1. The third-order valence-electron chi connectivity index (χ3n) is 7.42. The number of nitrogens with one attached hydrogen (secondary N) is 1. The van der Waals surface area contributed by atoms with Crippen molar-refractivity contribution in [2.75, 3.05) is 30.5 Å². The number of aliphatic hydroxyl groups is 1. The molecule has 0 fully saturated rings. The van der Waals surface area contributed by atoms with E-state index in [2.05, 4.69) is 30.1 Å². The number of nitrogens with two attached hydrogens (primary N) is 1. The number of rotatable bonds is 6. The number of aryl methyl sites for hydroxylation is 1. The predicted octanol–water partition coefficient (Wildman–Crippen LogP) is 4.73. The zero-order valence-electron chi connectivity index (χ0n) is 23.2. The smallest absolute Gasteiger partial charge is 0.417 e. The number of hydrogen-bond acceptors (Lipinski definition) is 10. The molecule has 1 unspecified atom stereocenters. The maximum absolute atomic E-state index is 16.7. The number of fused-ring (bicyclic) bond motifs is 1. The van der Waals surface area contributed by atoms with Crippen LogP contribution in [0.2, 0.25) is 0 Å². The van der Waals surface area contributed by atoms with E-state index >= 15 is 4.39 Å². The lowest BCUT2D eigenvalue weighted by molar-refractivity contribution is -0.137. The van der Waals surface area contributed by atoms with Gasteiger partial charge in [-0.25, -0.2) is 14.4 Å². The predicted molar refractivity (Wildman–Crippen MR) is 149 cm³/mol. The average Bonchev–Trinajstić information content (AvgIpc) is 3.37. The van der Waals surface area contributed by atoms with Crippen molar-refractivity contribution < 1.29 is 32.1 Å². The van der Waals surface area contributed by atoms with Crippen LogP contribution in [-0.4, -0.2) is 61.1 Å². The van der Waals surface area contributed by atoms with Crippen LogP contribution in [0, 0.1) is 12.7 Å². The quantitative estimate of drug-likeness (QED) is 0.234. The molecule has 43 heavy (non-hydrogen) atoms. The Hall–Kier alpha value is -4.79. The van der Waals surface area contributed by atoms with Gasteiger partial charge in [0.15, 0.2) is 5.82 Å². The second-order valence-electron chi connectivity index (χ2n) is 10.2. The number of halogens is 4. The Morgan fingerprint density at radius 2 is 2.07 bits per heavy atom. The number of H-pyrrole nitrogens is 1. The Kier molecular flexibility index (Phi) is 6.91. The third kappa shape index (κ3) is 4.69. The van der Waals surface area contributed by atoms with Crippen molar-refractivity contribution >= 4 is 33.4 Å². The molecule has 4 aromatic heterocycles. The van der Waals surface area contributed by atoms with Gasteiger partial charge in [-0.15, -0.1) is 0 Å². The SMILES string of the molecule is Cc1cc2[nH]ncc2c(-c2nc3c4c(nc(OCCO)nc4c2F)N(C(C)c2cccnc2N)[C@@H](C)CO3)c1C(F)(F)F. The van der Waals surface area contributed by atoms with Crippen molar-refractivity contribution in [2.45, 2.75) is 39.0 Å². The molecule has 6 rings (SSSR count). The molecule has 0 amide bonds. The van der Waals surface area contributed by atoms with E-state index in [1.165, 1.54) is 19.2 Å². The Labute approximate surface area is 241 Å². The minimum atomic E-state index is -4.85. The maximum Gasteiger partial charge on any atom is 0.417 e. The first-order valence-corrected chi connectivity index (χ1v) is 13.3. The van der Waals surface area contributed by atoms with Crippen molar-refractivity contribution in [1.29, 1.82) is 0 Å². The lowest BCUT2D eigenvalue weighted by Gasteiger charge is -2.34. The number of alkyl halides is 3. The minimum absolute atomic E-state index is 0.0158. The van der Waals surface area contributed by atoms with Crippen LogP contribution < -0.4 is 20.1 Å². The summed E-state index contributed by atoms with van der Waals surface area (Å²) in [6.45, 7) is 4.40. The van der Waals surface area contributed by atoms with E-state index in [0.717, 1.165) is 0 Å². The fourth-order valence-electron chi connectivity index (χ4n) is 5.59. The Balaban J connectivity index is 1.68. The number of aromatic nitrogens is 6. The summed E-state index contributed by atoms with van der Waals surface area (Å²) in [6, 6.07) is 3.64. The second-order valence-corrected chi connectivity index (χ2v) is 10.2. The van der Waals surface area contributed by atoms with E-state index in [9.17, 15) is 18.3 Å². The van der Waals surface area contributed by atoms with Gasteiger partial charge in [-0.3, -0.25) is 5.10 Å². The first kappa shape index (κ1) is 28.3. The van der Waals surface area contributed by atoms with Crippen molar-refractivity contribution in [3.05, 3.63) is 53.1 Å². The lowest BCUT2D eigenvalue weighted by atomic mass is 9.94.